The third kappa shape index (κ3) is 2.69. The molecule has 1 fully saturated rings. The van der Waals surface area contributed by atoms with E-state index in [4.69, 9.17) is 4.99 Å². The number of benzene rings is 2. The predicted molar refractivity (Wildman–Crippen MR) is 95.4 cm³/mol. The Kier molecular flexibility index (Phi) is 3.72. The van der Waals surface area contributed by atoms with Crippen LogP contribution in [0.1, 0.15) is 18.9 Å². The molecule has 2 aromatic carbocycles. The fourth-order valence-corrected chi connectivity index (χ4v) is 4.03. The van der Waals surface area contributed by atoms with Gasteiger partial charge < -0.3 is 4.57 Å². The molecule has 3 aromatic rings. The average Bonchev–Trinajstić information content (AvgIpc) is 3.30. The first-order valence-electron chi connectivity index (χ1n) is 7.37. The molecule has 1 aromatic heterocycles. The van der Waals surface area contributed by atoms with Gasteiger partial charge in [0.2, 0.25) is 0 Å². The Balaban J connectivity index is 1.89. The second kappa shape index (κ2) is 5.86. The number of hydrogen-bond acceptors (Lipinski definition) is 2. The van der Waals surface area contributed by atoms with Crippen molar-refractivity contribution in [2.45, 2.75) is 18.9 Å². The normalized spacial score (nSPS) is 15.2. The SMILES string of the molecule is Brc1ccccc1-c1csc(=Nc2ccccc2)n1C1CC1. The molecule has 22 heavy (non-hydrogen) atoms. The Labute approximate surface area is 141 Å². The van der Waals surface area contributed by atoms with Crippen molar-refractivity contribution >= 4 is 33.0 Å². The monoisotopic (exact) mass is 370 g/mol. The highest BCUT2D eigenvalue weighted by Crippen LogP contribution is 2.39. The van der Waals surface area contributed by atoms with E-state index < -0.39 is 0 Å². The molecule has 0 saturated heterocycles. The van der Waals surface area contributed by atoms with E-state index in [-0.39, 0.29) is 0 Å². The average molecular weight is 371 g/mol. The summed E-state index contributed by atoms with van der Waals surface area (Å²) in [4.78, 5) is 5.93. The molecule has 0 spiro atoms. The van der Waals surface area contributed by atoms with Gasteiger partial charge in [0.15, 0.2) is 4.80 Å². The van der Waals surface area contributed by atoms with Crippen molar-refractivity contribution in [2.75, 3.05) is 0 Å². The first-order valence-corrected chi connectivity index (χ1v) is 9.05. The van der Waals surface area contributed by atoms with Crippen molar-refractivity contribution in [1.29, 1.82) is 0 Å². The highest BCUT2D eigenvalue weighted by molar-refractivity contribution is 9.10. The van der Waals surface area contributed by atoms with Gasteiger partial charge in [-0.25, -0.2) is 4.99 Å². The van der Waals surface area contributed by atoms with Crippen LogP contribution in [0, 0.1) is 0 Å². The van der Waals surface area contributed by atoms with Crippen molar-refractivity contribution in [3.8, 4) is 11.3 Å². The largest absolute Gasteiger partial charge is 0.313 e. The molecule has 1 heterocycles. The number of para-hydroxylation sites is 1. The molecule has 2 nitrogen and oxygen atoms in total. The summed E-state index contributed by atoms with van der Waals surface area (Å²) in [5.41, 5.74) is 3.51. The van der Waals surface area contributed by atoms with Gasteiger partial charge >= 0.3 is 0 Å². The Morgan fingerprint density at radius 2 is 1.73 bits per heavy atom. The maximum absolute atomic E-state index is 4.84. The van der Waals surface area contributed by atoms with E-state index in [1.165, 1.54) is 24.1 Å². The van der Waals surface area contributed by atoms with Crippen LogP contribution in [0.3, 0.4) is 0 Å². The number of halogens is 1. The molecule has 0 bridgehead atoms. The van der Waals surface area contributed by atoms with E-state index in [1.807, 2.05) is 18.2 Å². The maximum atomic E-state index is 4.84. The van der Waals surface area contributed by atoms with Gasteiger partial charge in [-0.3, -0.25) is 0 Å². The van der Waals surface area contributed by atoms with Crippen LogP contribution >= 0.6 is 27.3 Å². The number of rotatable bonds is 3. The van der Waals surface area contributed by atoms with E-state index in [1.54, 1.807) is 11.3 Å². The highest BCUT2D eigenvalue weighted by Gasteiger charge is 2.27. The fraction of sp³-hybridized carbons (Fsp3) is 0.167. The minimum atomic E-state index is 0.593. The molecular formula is C18H15BrN2S. The van der Waals surface area contributed by atoms with Gasteiger partial charge in [-0.2, -0.15) is 0 Å². The Hall–Kier alpha value is -1.65. The minimum absolute atomic E-state index is 0.593. The van der Waals surface area contributed by atoms with Crippen molar-refractivity contribution < 1.29 is 0 Å². The number of nitrogens with zero attached hydrogens (tertiary/aromatic N) is 2. The number of hydrogen-bond donors (Lipinski definition) is 0. The third-order valence-corrected chi connectivity index (χ3v) is 5.32. The molecule has 1 aliphatic carbocycles. The maximum Gasteiger partial charge on any atom is 0.190 e. The molecule has 0 unspecified atom stereocenters. The van der Waals surface area contributed by atoms with Gasteiger partial charge in [0.25, 0.3) is 0 Å². The quantitative estimate of drug-likeness (QED) is 0.575. The van der Waals surface area contributed by atoms with E-state index in [9.17, 15) is 0 Å². The van der Waals surface area contributed by atoms with Crippen LogP contribution in [0.2, 0.25) is 0 Å². The highest BCUT2D eigenvalue weighted by atomic mass is 79.9. The third-order valence-electron chi connectivity index (χ3n) is 3.78. The lowest BCUT2D eigenvalue weighted by Gasteiger charge is -2.09. The number of thiazole rings is 1. The van der Waals surface area contributed by atoms with Crippen molar-refractivity contribution in [1.82, 2.24) is 4.57 Å². The molecule has 1 saturated carbocycles. The first kappa shape index (κ1) is 14.0. The lowest BCUT2D eigenvalue weighted by atomic mass is 10.2. The first-order chi connectivity index (χ1) is 10.8. The zero-order chi connectivity index (χ0) is 14.9. The van der Waals surface area contributed by atoms with Crippen molar-refractivity contribution in [2.24, 2.45) is 4.99 Å². The summed E-state index contributed by atoms with van der Waals surface area (Å²) in [5.74, 6) is 0. The predicted octanol–water partition coefficient (Wildman–Crippen LogP) is 5.55. The summed E-state index contributed by atoms with van der Waals surface area (Å²) in [5, 5.41) is 2.22. The summed E-state index contributed by atoms with van der Waals surface area (Å²) in [6.45, 7) is 0. The standard InChI is InChI=1S/C18H15BrN2S/c19-16-9-5-4-8-15(16)17-12-22-18(21(17)14-10-11-14)20-13-6-2-1-3-7-13/h1-9,12,14H,10-11H2. The molecule has 0 N–H and O–H groups in total. The lowest BCUT2D eigenvalue weighted by molar-refractivity contribution is 0.724. The van der Waals surface area contributed by atoms with Crippen molar-refractivity contribution in [3.63, 3.8) is 0 Å². The Bertz CT molecular complexity index is 860. The molecule has 4 rings (SSSR count). The molecule has 0 atom stereocenters. The van der Waals surface area contributed by atoms with E-state index in [0.717, 1.165) is 15.0 Å². The van der Waals surface area contributed by atoms with Crippen LogP contribution in [-0.4, -0.2) is 4.57 Å². The molecule has 0 aliphatic heterocycles. The zero-order valence-electron chi connectivity index (χ0n) is 11.9. The summed E-state index contributed by atoms with van der Waals surface area (Å²) in [7, 11) is 0. The van der Waals surface area contributed by atoms with Gasteiger partial charge in [-0.05, 0) is 31.0 Å². The van der Waals surface area contributed by atoms with Crippen LogP contribution in [0.5, 0.6) is 0 Å². The van der Waals surface area contributed by atoms with Gasteiger partial charge in [-0.15, -0.1) is 11.3 Å². The molecule has 0 amide bonds. The summed E-state index contributed by atoms with van der Waals surface area (Å²) in [6.07, 6.45) is 2.49. The topological polar surface area (TPSA) is 17.3 Å². The summed E-state index contributed by atoms with van der Waals surface area (Å²) in [6, 6.07) is 19.2. The summed E-state index contributed by atoms with van der Waals surface area (Å²) >= 11 is 5.39. The molecule has 110 valence electrons. The number of aromatic nitrogens is 1. The Morgan fingerprint density at radius 1 is 1.00 bits per heavy atom. The van der Waals surface area contributed by atoms with E-state index >= 15 is 0 Å². The van der Waals surface area contributed by atoms with Crippen LogP contribution < -0.4 is 4.80 Å². The van der Waals surface area contributed by atoms with Gasteiger partial charge in [0.05, 0.1) is 11.4 Å². The van der Waals surface area contributed by atoms with Gasteiger partial charge in [0.1, 0.15) is 0 Å². The fourth-order valence-electron chi connectivity index (χ4n) is 2.57. The molecule has 1 aliphatic rings. The van der Waals surface area contributed by atoms with Crippen LogP contribution in [-0.2, 0) is 0 Å². The van der Waals surface area contributed by atoms with Crippen molar-refractivity contribution in [3.05, 3.63) is 69.3 Å². The van der Waals surface area contributed by atoms with Crippen LogP contribution in [0.25, 0.3) is 11.3 Å². The second-order valence-corrected chi connectivity index (χ2v) is 7.12. The van der Waals surface area contributed by atoms with E-state index in [2.05, 4.69) is 62.3 Å². The molecule has 4 heteroatoms. The van der Waals surface area contributed by atoms with Crippen LogP contribution in [0.15, 0.2) is 69.4 Å². The Morgan fingerprint density at radius 3 is 2.45 bits per heavy atom. The second-order valence-electron chi connectivity index (χ2n) is 5.43. The smallest absolute Gasteiger partial charge is 0.190 e. The lowest BCUT2D eigenvalue weighted by Crippen LogP contribution is -2.14. The zero-order valence-corrected chi connectivity index (χ0v) is 14.3. The summed E-state index contributed by atoms with van der Waals surface area (Å²) < 4.78 is 3.53. The van der Waals surface area contributed by atoms with E-state index in [0.29, 0.717) is 6.04 Å². The van der Waals surface area contributed by atoms with Gasteiger partial charge in [0, 0.05) is 21.5 Å². The molecular weight excluding hydrogens is 356 g/mol. The van der Waals surface area contributed by atoms with Crippen LogP contribution in [0.4, 0.5) is 5.69 Å². The van der Waals surface area contributed by atoms with Gasteiger partial charge in [-0.1, -0.05) is 52.3 Å². The molecule has 0 radical (unpaired) electrons. The minimum Gasteiger partial charge on any atom is -0.313 e.